The molecule has 1 fully saturated rings. The lowest BCUT2D eigenvalue weighted by atomic mass is 10.1. The first-order valence-electron chi connectivity index (χ1n) is 6.87. The average molecular weight is 251 g/mol. The molecule has 2 N–H and O–H groups in total. The van der Waals surface area contributed by atoms with Crippen LogP contribution in [0.4, 0.5) is 0 Å². The van der Waals surface area contributed by atoms with E-state index in [0.29, 0.717) is 6.04 Å². The molecule has 1 aliphatic rings. The molecular weight excluding hydrogens is 226 g/mol. The summed E-state index contributed by atoms with van der Waals surface area (Å²) in [5, 5.41) is 3.30. The van der Waals surface area contributed by atoms with Crippen LogP contribution in [0.25, 0.3) is 0 Å². The molecule has 0 saturated carbocycles. The first kappa shape index (κ1) is 13.5. The Morgan fingerprint density at radius 3 is 2.61 bits per heavy atom. The maximum atomic E-state index is 4.50. The van der Waals surface area contributed by atoms with Crippen molar-refractivity contribution in [1.29, 1.82) is 0 Å². The monoisotopic (exact) mass is 251 g/mol. The van der Waals surface area contributed by atoms with E-state index in [-0.39, 0.29) is 0 Å². The Morgan fingerprint density at radius 1 is 1.39 bits per heavy atom. The van der Waals surface area contributed by atoms with E-state index in [9.17, 15) is 0 Å². The highest BCUT2D eigenvalue weighted by molar-refractivity contribution is 5.15. The Kier molecular flexibility index (Phi) is 4.74. The number of piperazine rings is 1. The summed E-state index contributed by atoms with van der Waals surface area (Å²) in [6.07, 6.45) is 1.80. The minimum absolute atomic E-state index is 0.389. The second kappa shape index (κ2) is 6.31. The lowest BCUT2D eigenvalue weighted by molar-refractivity contribution is 0.0973. The van der Waals surface area contributed by atoms with Crippen LogP contribution in [-0.2, 0) is 0 Å². The second-order valence-corrected chi connectivity index (χ2v) is 4.96. The fourth-order valence-corrected chi connectivity index (χ4v) is 2.69. The number of rotatable bonds is 5. The third-order valence-corrected chi connectivity index (χ3v) is 3.88. The third-order valence-electron chi connectivity index (χ3n) is 3.88. The van der Waals surface area contributed by atoms with Crippen molar-refractivity contribution < 1.29 is 0 Å². The predicted octanol–water partition coefficient (Wildman–Crippen LogP) is 0.616. The first-order chi connectivity index (χ1) is 8.76. The van der Waals surface area contributed by atoms with Crippen molar-refractivity contribution in [3.8, 4) is 0 Å². The maximum absolute atomic E-state index is 4.50. The molecule has 0 bridgehead atoms. The van der Waals surface area contributed by atoms with E-state index >= 15 is 0 Å². The van der Waals surface area contributed by atoms with Gasteiger partial charge in [-0.3, -0.25) is 4.90 Å². The highest BCUT2D eigenvalue weighted by atomic mass is 15.3. The fourth-order valence-electron chi connectivity index (χ4n) is 2.69. The van der Waals surface area contributed by atoms with Gasteiger partial charge in [0.2, 0.25) is 0 Å². The van der Waals surface area contributed by atoms with Gasteiger partial charge in [0.05, 0.1) is 18.1 Å². The number of aromatic nitrogens is 2. The Bertz CT molecular complexity index is 354. The van der Waals surface area contributed by atoms with Crippen molar-refractivity contribution in [3.05, 3.63) is 17.7 Å². The lowest BCUT2D eigenvalue weighted by Crippen LogP contribution is -2.49. The van der Waals surface area contributed by atoms with E-state index in [0.717, 1.165) is 26.2 Å². The molecule has 1 aromatic heterocycles. The fraction of sp³-hybridized carbons (Fsp3) is 0.769. The zero-order valence-electron chi connectivity index (χ0n) is 11.7. The van der Waals surface area contributed by atoms with Crippen LogP contribution < -0.4 is 5.32 Å². The Morgan fingerprint density at radius 2 is 2.11 bits per heavy atom. The molecule has 0 radical (unpaired) electrons. The first-order valence-corrected chi connectivity index (χ1v) is 6.87. The summed E-state index contributed by atoms with van der Waals surface area (Å²) in [5.74, 6) is 0. The van der Waals surface area contributed by atoms with Crippen LogP contribution in [0.3, 0.4) is 0 Å². The zero-order chi connectivity index (χ0) is 13.0. The average Bonchev–Trinajstić information content (AvgIpc) is 2.82. The standard InChI is InChI=1S/C13H25N5/c1-4-17-5-7-18(8-6-17)12(9-14-3)13-11(2)15-10-16-13/h10,12,14H,4-9H2,1-3H3,(H,15,16). The summed E-state index contributed by atoms with van der Waals surface area (Å²) in [4.78, 5) is 12.7. The van der Waals surface area contributed by atoms with Gasteiger partial charge in [0.15, 0.2) is 0 Å². The molecule has 1 aromatic rings. The van der Waals surface area contributed by atoms with Crippen LogP contribution in [0, 0.1) is 6.92 Å². The molecule has 1 unspecified atom stereocenters. The van der Waals surface area contributed by atoms with Gasteiger partial charge in [-0.25, -0.2) is 4.98 Å². The number of hydrogen-bond acceptors (Lipinski definition) is 4. The number of hydrogen-bond donors (Lipinski definition) is 2. The van der Waals surface area contributed by atoms with Crippen molar-refractivity contribution in [2.45, 2.75) is 19.9 Å². The van der Waals surface area contributed by atoms with Gasteiger partial charge >= 0.3 is 0 Å². The molecule has 102 valence electrons. The third kappa shape index (κ3) is 2.91. The van der Waals surface area contributed by atoms with Crippen molar-refractivity contribution in [2.75, 3.05) is 46.3 Å². The van der Waals surface area contributed by atoms with Gasteiger partial charge in [-0.05, 0) is 20.5 Å². The van der Waals surface area contributed by atoms with E-state index in [2.05, 4.69) is 38.9 Å². The minimum atomic E-state index is 0.389. The van der Waals surface area contributed by atoms with Crippen LogP contribution in [0.2, 0.25) is 0 Å². The number of aryl methyl sites for hydroxylation is 1. The Balaban J connectivity index is 2.05. The number of imidazole rings is 1. The number of nitrogens with zero attached hydrogens (tertiary/aromatic N) is 3. The zero-order valence-corrected chi connectivity index (χ0v) is 11.7. The molecular formula is C13H25N5. The molecule has 0 aromatic carbocycles. The number of likely N-dealkylation sites (N-methyl/N-ethyl adjacent to an activating group) is 2. The molecule has 0 amide bonds. The van der Waals surface area contributed by atoms with Crippen LogP contribution in [-0.4, -0.2) is 66.1 Å². The van der Waals surface area contributed by atoms with Crippen LogP contribution in [0.15, 0.2) is 6.33 Å². The van der Waals surface area contributed by atoms with Gasteiger partial charge in [-0.1, -0.05) is 6.92 Å². The van der Waals surface area contributed by atoms with E-state index < -0.39 is 0 Å². The number of H-pyrrole nitrogens is 1. The summed E-state index contributed by atoms with van der Waals surface area (Å²) in [5.41, 5.74) is 2.38. The molecule has 1 saturated heterocycles. The second-order valence-electron chi connectivity index (χ2n) is 4.96. The van der Waals surface area contributed by atoms with E-state index in [1.54, 1.807) is 6.33 Å². The van der Waals surface area contributed by atoms with Crippen molar-refractivity contribution >= 4 is 0 Å². The van der Waals surface area contributed by atoms with Gasteiger partial charge in [-0.15, -0.1) is 0 Å². The Labute approximate surface area is 110 Å². The molecule has 18 heavy (non-hydrogen) atoms. The van der Waals surface area contributed by atoms with Gasteiger partial charge in [0, 0.05) is 38.4 Å². The van der Waals surface area contributed by atoms with Gasteiger partial charge in [0.1, 0.15) is 0 Å². The van der Waals surface area contributed by atoms with Crippen molar-refractivity contribution in [3.63, 3.8) is 0 Å². The summed E-state index contributed by atoms with van der Waals surface area (Å²) < 4.78 is 0. The van der Waals surface area contributed by atoms with Crippen LogP contribution in [0.5, 0.6) is 0 Å². The van der Waals surface area contributed by atoms with Gasteiger partial charge in [0.25, 0.3) is 0 Å². The summed E-state index contributed by atoms with van der Waals surface area (Å²) in [7, 11) is 2.01. The van der Waals surface area contributed by atoms with Crippen LogP contribution >= 0.6 is 0 Å². The van der Waals surface area contributed by atoms with E-state index in [1.165, 1.54) is 24.5 Å². The van der Waals surface area contributed by atoms with Crippen molar-refractivity contribution in [1.82, 2.24) is 25.1 Å². The molecule has 5 nitrogen and oxygen atoms in total. The summed E-state index contributed by atoms with van der Waals surface area (Å²) in [6.45, 7) is 11.1. The summed E-state index contributed by atoms with van der Waals surface area (Å²) >= 11 is 0. The highest BCUT2D eigenvalue weighted by Gasteiger charge is 2.26. The molecule has 0 spiro atoms. The predicted molar refractivity (Wildman–Crippen MR) is 73.7 cm³/mol. The largest absolute Gasteiger partial charge is 0.348 e. The van der Waals surface area contributed by atoms with E-state index in [1.807, 2.05) is 7.05 Å². The smallest absolute Gasteiger partial charge is 0.0925 e. The normalized spacial score (nSPS) is 20.2. The molecule has 0 aliphatic carbocycles. The Hall–Kier alpha value is -0.910. The molecule has 1 atom stereocenters. The van der Waals surface area contributed by atoms with Gasteiger partial charge < -0.3 is 15.2 Å². The maximum Gasteiger partial charge on any atom is 0.0925 e. The van der Waals surface area contributed by atoms with Gasteiger partial charge in [-0.2, -0.15) is 0 Å². The number of nitrogens with one attached hydrogen (secondary N) is 2. The molecule has 2 rings (SSSR count). The topological polar surface area (TPSA) is 47.2 Å². The molecule has 5 heteroatoms. The highest BCUT2D eigenvalue weighted by Crippen LogP contribution is 2.21. The minimum Gasteiger partial charge on any atom is -0.348 e. The molecule has 1 aliphatic heterocycles. The quantitative estimate of drug-likeness (QED) is 0.805. The van der Waals surface area contributed by atoms with Crippen LogP contribution in [0.1, 0.15) is 24.4 Å². The van der Waals surface area contributed by atoms with Crippen molar-refractivity contribution in [2.24, 2.45) is 0 Å². The number of aromatic amines is 1. The molecule has 2 heterocycles. The van der Waals surface area contributed by atoms with E-state index in [4.69, 9.17) is 0 Å². The lowest BCUT2D eigenvalue weighted by Gasteiger charge is -2.38. The SMILES string of the molecule is CCN1CCN(C(CNC)c2nc[nH]c2C)CC1. The summed E-state index contributed by atoms with van der Waals surface area (Å²) in [6, 6.07) is 0.389.